The Labute approximate surface area is 111 Å². The number of hydrogen-bond donors (Lipinski definition) is 1. The molecule has 1 aromatic rings. The Bertz CT molecular complexity index is 368. The standard InChI is InChI=1S/C13H19BrN2O/c1-3-5-7-10(4-2)13(17)16-11-8-6-9-15-12(11)14/h6,8-10H,3-5,7H2,1-2H3,(H,16,17). The lowest BCUT2D eigenvalue weighted by atomic mass is 9.98. The Morgan fingerprint density at radius 1 is 1.53 bits per heavy atom. The van der Waals surface area contributed by atoms with E-state index in [-0.39, 0.29) is 11.8 Å². The summed E-state index contributed by atoms with van der Waals surface area (Å²) in [6, 6.07) is 3.66. The van der Waals surface area contributed by atoms with Gasteiger partial charge in [0.05, 0.1) is 5.69 Å². The van der Waals surface area contributed by atoms with Crippen LogP contribution in [0.1, 0.15) is 39.5 Å². The highest BCUT2D eigenvalue weighted by molar-refractivity contribution is 9.10. The fourth-order valence-electron chi connectivity index (χ4n) is 1.69. The molecule has 1 aromatic heterocycles. The zero-order chi connectivity index (χ0) is 12.7. The molecule has 1 rings (SSSR count). The normalized spacial score (nSPS) is 12.2. The Kier molecular flexibility index (Phi) is 6.19. The maximum Gasteiger partial charge on any atom is 0.227 e. The second-order valence-corrected chi connectivity index (χ2v) is 4.83. The molecule has 1 N–H and O–H groups in total. The van der Waals surface area contributed by atoms with Gasteiger partial charge in [-0.3, -0.25) is 4.79 Å². The summed E-state index contributed by atoms with van der Waals surface area (Å²) in [7, 11) is 0. The molecule has 0 spiro atoms. The molecule has 4 heteroatoms. The van der Waals surface area contributed by atoms with Crippen LogP contribution in [0.15, 0.2) is 22.9 Å². The number of rotatable bonds is 6. The van der Waals surface area contributed by atoms with Crippen LogP contribution >= 0.6 is 15.9 Å². The van der Waals surface area contributed by atoms with Crippen molar-refractivity contribution in [3.05, 3.63) is 22.9 Å². The molecule has 0 bridgehead atoms. The third-order valence-corrected chi connectivity index (χ3v) is 3.42. The van der Waals surface area contributed by atoms with Crippen LogP contribution in [0.25, 0.3) is 0 Å². The molecule has 0 fully saturated rings. The van der Waals surface area contributed by atoms with Gasteiger partial charge in [0.2, 0.25) is 5.91 Å². The second kappa shape index (κ2) is 7.43. The molecule has 1 atom stereocenters. The van der Waals surface area contributed by atoms with Gasteiger partial charge in [-0.2, -0.15) is 0 Å². The van der Waals surface area contributed by atoms with Crippen LogP contribution in [-0.2, 0) is 4.79 Å². The van der Waals surface area contributed by atoms with Gasteiger partial charge >= 0.3 is 0 Å². The number of amides is 1. The summed E-state index contributed by atoms with van der Waals surface area (Å²) in [5.74, 6) is 0.191. The van der Waals surface area contributed by atoms with Gasteiger partial charge in [-0.05, 0) is 40.9 Å². The largest absolute Gasteiger partial charge is 0.324 e. The zero-order valence-electron chi connectivity index (χ0n) is 10.4. The molecule has 0 aromatic carbocycles. The summed E-state index contributed by atoms with van der Waals surface area (Å²) < 4.78 is 0.679. The van der Waals surface area contributed by atoms with E-state index in [0.29, 0.717) is 4.60 Å². The number of nitrogens with one attached hydrogen (secondary N) is 1. The number of aromatic nitrogens is 1. The van der Waals surface area contributed by atoms with Crippen LogP contribution in [-0.4, -0.2) is 10.9 Å². The zero-order valence-corrected chi connectivity index (χ0v) is 12.0. The van der Waals surface area contributed by atoms with Crippen molar-refractivity contribution in [1.29, 1.82) is 0 Å². The Hall–Kier alpha value is -0.900. The SMILES string of the molecule is CCCCC(CC)C(=O)Nc1cccnc1Br. The fraction of sp³-hybridized carbons (Fsp3) is 0.538. The first-order chi connectivity index (χ1) is 8.19. The summed E-state index contributed by atoms with van der Waals surface area (Å²) in [4.78, 5) is 16.1. The van der Waals surface area contributed by atoms with E-state index in [4.69, 9.17) is 0 Å². The topological polar surface area (TPSA) is 42.0 Å². The van der Waals surface area contributed by atoms with E-state index in [9.17, 15) is 4.79 Å². The van der Waals surface area contributed by atoms with E-state index in [2.05, 4.69) is 40.1 Å². The van der Waals surface area contributed by atoms with Crippen LogP contribution in [0.3, 0.4) is 0 Å². The molecule has 1 unspecified atom stereocenters. The maximum absolute atomic E-state index is 12.0. The van der Waals surface area contributed by atoms with Gasteiger partial charge in [0, 0.05) is 12.1 Å². The van der Waals surface area contributed by atoms with Gasteiger partial charge in [-0.25, -0.2) is 4.98 Å². The van der Waals surface area contributed by atoms with E-state index in [1.807, 2.05) is 12.1 Å². The van der Waals surface area contributed by atoms with E-state index < -0.39 is 0 Å². The monoisotopic (exact) mass is 298 g/mol. The van der Waals surface area contributed by atoms with Gasteiger partial charge < -0.3 is 5.32 Å². The minimum Gasteiger partial charge on any atom is -0.324 e. The van der Waals surface area contributed by atoms with Gasteiger partial charge in [-0.1, -0.05) is 26.7 Å². The first-order valence-electron chi connectivity index (χ1n) is 6.10. The number of nitrogens with zero attached hydrogens (tertiary/aromatic N) is 1. The molecule has 0 saturated heterocycles. The van der Waals surface area contributed by atoms with Gasteiger partial charge in [0.1, 0.15) is 4.60 Å². The van der Waals surface area contributed by atoms with Crippen molar-refractivity contribution < 1.29 is 4.79 Å². The summed E-state index contributed by atoms with van der Waals surface area (Å²) in [6.45, 7) is 4.19. The fourth-order valence-corrected chi connectivity index (χ4v) is 2.03. The van der Waals surface area contributed by atoms with E-state index in [1.165, 1.54) is 0 Å². The van der Waals surface area contributed by atoms with Crippen molar-refractivity contribution in [2.45, 2.75) is 39.5 Å². The molecule has 0 radical (unpaired) electrons. The second-order valence-electron chi connectivity index (χ2n) is 4.08. The Balaban J connectivity index is 2.61. The molecule has 1 heterocycles. The number of hydrogen-bond acceptors (Lipinski definition) is 2. The molecule has 3 nitrogen and oxygen atoms in total. The number of halogens is 1. The number of carbonyl (C=O) groups excluding carboxylic acids is 1. The lowest BCUT2D eigenvalue weighted by molar-refractivity contribution is -0.120. The van der Waals surface area contributed by atoms with Crippen molar-refractivity contribution in [3.8, 4) is 0 Å². The van der Waals surface area contributed by atoms with E-state index in [0.717, 1.165) is 31.4 Å². The molecule has 17 heavy (non-hydrogen) atoms. The lowest BCUT2D eigenvalue weighted by Crippen LogP contribution is -2.22. The van der Waals surface area contributed by atoms with E-state index >= 15 is 0 Å². The van der Waals surface area contributed by atoms with Gasteiger partial charge in [0.25, 0.3) is 0 Å². The van der Waals surface area contributed by atoms with Crippen LogP contribution in [0.5, 0.6) is 0 Å². The first-order valence-corrected chi connectivity index (χ1v) is 6.89. The number of pyridine rings is 1. The van der Waals surface area contributed by atoms with Gasteiger partial charge in [0.15, 0.2) is 0 Å². The summed E-state index contributed by atoms with van der Waals surface area (Å²) in [5, 5.41) is 2.92. The van der Waals surface area contributed by atoms with Crippen molar-refractivity contribution in [2.75, 3.05) is 5.32 Å². The predicted molar refractivity (Wildman–Crippen MR) is 73.9 cm³/mol. The molecule has 1 amide bonds. The first kappa shape index (κ1) is 14.2. The minimum atomic E-state index is 0.0923. The quantitative estimate of drug-likeness (QED) is 0.807. The third kappa shape index (κ3) is 4.46. The Morgan fingerprint density at radius 3 is 2.88 bits per heavy atom. The average molecular weight is 299 g/mol. The van der Waals surface area contributed by atoms with Crippen LogP contribution in [0.4, 0.5) is 5.69 Å². The average Bonchev–Trinajstić information content (AvgIpc) is 2.33. The van der Waals surface area contributed by atoms with Gasteiger partial charge in [-0.15, -0.1) is 0 Å². The summed E-state index contributed by atoms with van der Waals surface area (Å²) in [5.41, 5.74) is 0.743. The van der Waals surface area contributed by atoms with Crippen LogP contribution < -0.4 is 5.32 Å². The molecule has 0 saturated carbocycles. The predicted octanol–water partition coefficient (Wildman–Crippen LogP) is 4.00. The lowest BCUT2D eigenvalue weighted by Gasteiger charge is -2.14. The van der Waals surface area contributed by atoms with Crippen molar-refractivity contribution in [1.82, 2.24) is 4.98 Å². The van der Waals surface area contributed by atoms with Crippen LogP contribution in [0.2, 0.25) is 0 Å². The van der Waals surface area contributed by atoms with Crippen molar-refractivity contribution >= 4 is 27.5 Å². The molecular formula is C13H19BrN2O. The summed E-state index contributed by atoms with van der Waals surface area (Å²) >= 11 is 3.32. The molecule has 0 aliphatic rings. The molecule has 0 aliphatic heterocycles. The van der Waals surface area contributed by atoms with E-state index in [1.54, 1.807) is 6.20 Å². The highest BCUT2D eigenvalue weighted by Crippen LogP contribution is 2.21. The Morgan fingerprint density at radius 2 is 2.29 bits per heavy atom. The molecule has 0 aliphatic carbocycles. The minimum absolute atomic E-state index is 0.0923. The maximum atomic E-state index is 12.0. The van der Waals surface area contributed by atoms with Crippen LogP contribution in [0, 0.1) is 5.92 Å². The number of carbonyl (C=O) groups is 1. The highest BCUT2D eigenvalue weighted by atomic mass is 79.9. The highest BCUT2D eigenvalue weighted by Gasteiger charge is 2.16. The third-order valence-electron chi connectivity index (χ3n) is 2.79. The molecular weight excluding hydrogens is 280 g/mol. The number of unbranched alkanes of at least 4 members (excludes halogenated alkanes) is 1. The van der Waals surface area contributed by atoms with Crippen molar-refractivity contribution in [3.63, 3.8) is 0 Å². The smallest absolute Gasteiger partial charge is 0.227 e. The summed E-state index contributed by atoms with van der Waals surface area (Å²) in [6.07, 6.45) is 5.75. The number of anilines is 1. The molecule has 94 valence electrons. The van der Waals surface area contributed by atoms with Crippen molar-refractivity contribution in [2.24, 2.45) is 5.92 Å².